The highest BCUT2D eigenvalue weighted by Gasteiger charge is 2.21. The minimum Gasteiger partial charge on any atom is -0.458 e. The van der Waals surface area contributed by atoms with Crippen LogP contribution in [0, 0.1) is 0 Å². The number of esters is 1. The molecule has 0 saturated heterocycles. The largest absolute Gasteiger partial charge is 0.458 e. The number of anilines is 1. The standard InChI is InChI=1S/C16H25NO2/c1-6-9-13-10-7-8-11-14(13)17-12(2)15(18)19-16(3,4)5/h7-8,10-12,17H,6,9H2,1-5H3. The molecule has 0 aromatic heterocycles. The molecule has 0 bridgehead atoms. The average Bonchev–Trinajstić information content (AvgIpc) is 2.29. The maximum atomic E-state index is 11.9. The van der Waals surface area contributed by atoms with Crippen LogP contribution in [-0.4, -0.2) is 17.6 Å². The van der Waals surface area contributed by atoms with Crippen LogP contribution < -0.4 is 5.32 Å². The van der Waals surface area contributed by atoms with E-state index in [0.717, 1.165) is 18.5 Å². The van der Waals surface area contributed by atoms with E-state index in [1.54, 1.807) is 0 Å². The summed E-state index contributed by atoms with van der Waals surface area (Å²) in [7, 11) is 0. The summed E-state index contributed by atoms with van der Waals surface area (Å²) in [4.78, 5) is 11.9. The van der Waals surface area contributed by atoms with E-state index in [1.165, 1.54) is 5.56 Å². The van der Waals surface area contributed by atoms with Crippen LogP contribution in [0.3, 0.4) is 0 Å². The van der Waals surface area contributed by atoms with Gasteiger partial charge in [-0.05, 0) is 45.7 Å². The van der Waals surface area contributed by atoms with E-state index in [-0.39, 0.29) is 12.0 Å². The zero-order valence-corrected chi connectivity index (χ0v) is 12.6. The Morgan fingerprint density at radius 1 is 1.32 bits per heavy atom. The average molecular weight is 263 g/mol. The molecule has 1 unspecified atom stereocenters. The molecule has 0 aliphatic heterocycles. The van der Waals surface area contributed by atoms with Crippen molar-refractivity contribution in [3.05, 3.63) is 29.8 Å². The molecule has 106 valence electrons. The van der Waals surface area contributed by atoms with Gasteiger partial charge in [0.05, 0.1) is 0 Å². The first-order valence-electron chi connectivity index (χ1n) is 6.91. The van der Waals surface area contributed by atoms with E-state index >= 15 is 0 Å². The quantitative estimate of drug-likeness (QED) is 0.822. The highest BCUT2D eigenvalue weighted by atomic mass is 16.6. The SMILES string of the molecule is CCCc1ccccc1NC(C)C(=O)OC(C)(C)C. The van der Waals surface area contributed by atoms with E-state index in [4.69, 9.17) is 4.74 Å². The van der Waals surface area contributed by atoms with Crippen LogP contribution in [0.4, 0.5) is 5.69 Å². The minimum atomic E-state index is -0.448. The number of hydrogen-bond donors (Lipinski definition) is 1. The highest BCUT2D eigenvalue weighted by Crippen LogP contribution is 2.18. The zero-order chi connectivity index (χ0) is 14.5. The Morgan fingerprint density at radius 2 is 1.95 bits per heavy atom. The maximum Gasteiger partial charge on any atom is 0.328 e. The van der Waals surface area contributed by atoms with Crippen molar-refractivity contribution in [2.45, 2.75) is 59.1 Å². The molecule has 1 N–H and O–H groups in total. The topological polar surface area (TPSA) is 38.3 Å². The number of hydrogen-bond acceptors (Lipinski definition) is 3. The van der Waals surface area contributed by atoms with Gasteiger partial charge in [-0.2, -0.15) is 0 Å². The van der Waals surface area contributed by atoms with Gasteiger partial charge < -0.3 is 10.1 Å². The Bertz CT molecular complexity index is 421. The van der Waals surface area contributed by atoms with Gasteiger partial charge in [0, 0.05) is 5.69 Å². The molecule has 0 saturated carbocycles. The second-order valence-electron chi connectivity index (χ2n) is 5.81. The minimum absolute atomic E-state index is 0.223. The lowest BCUT2D eigenvalue weighted by Gasteiger charge is -2.23. The summed E-state index contributed by atoms with van der Waals surface area (Å²) >= 11 is 0. The highest BCUT2D eigenvalue weighted by molar-refractivity contribution is 5.79. The Kier molecular flexibility index (Phi) is 5.40. The van der Waals surface area contributed by atoms with Crippen molar-refractivity contribution in [1.29, 1.82) is 0 Å². The first-order valence-corrected chi connectivity index (χ1v) is 6.91. The van der Waals surface area contributed by atoms with Crippen molar-refractivity contribution in [2.75, 3.05) is 5.32 Å². The van der Waals surface area contributed by atoms with Crippen LogP contribution in [-0.2, 0) is 16.0 Å². The van der Waals surface area contributed by atoms with Crippen molar-refractivity contribution in [1.82, 2.24) is 0 Å². The number of aryl methyl sites for hydroxylation is 1. The van der Waals surface area contributed by atoms with Gasteiger partial charge in [-0.3, -0.25) is 0 Å². The summed E-state index contributed by atoms with van der Waals surface area (Å²) in [6.07, 6.45) is 2.09. The molecule has 0 amide bonds. The molecule has 0 aliphatic carbocycles. The van der Waals surface area contributed by atoms with Crippen LogP contribution >= 0.6 is 0 Å². The molecule has 0 aliphatic rings. The van der Waals surface area contributed by atoms with Crippen LogP contribution in [0.25, 0.3) is 0 Å². The molecule has 1 aromatic carbocycles. The molecule has 3 heteroatoms. The smallest absolute Gasteiger partial charge is 0.328 e. The van der Waals surface area contributed by atoms with Crippen LogP contribution in [0.1, 0.15) is 46.6 Å². The molecule has 1 rings (SSSR count). The van der Waals surface area contributed by atoms with Crippen LogP contribution in [0.5, 0.6) is 0 Å². The van der Waals surface area contributed by atoms with E-state index in [9.17, 15) is 4.79 Å². The van der Waals surface area contributed by atoms with Crippen molar-refractivity contribution in [3.63, 3.8) is 0 Å². The summed E-state index contributed by atoms with van der Waals surface area (Å²) in [5, 5.41) is 3.24. The second kappa shape index (κ2) is 6.60. The van der Waals surface area contributed by atoms with Crippen molar-refractivity contribution >= 4 is 11.7 Å². The van der Waals surface area contributed by atoms with Gasteiger partial charge in [0.25, 0.3) is 0 Å². The molecule has 1 atom stereocenters. The van der Waals surface area contributed by atoms with Gasteiger partial charge in [-0.15, -0.1) is 0 Å². The monoisotopic (exact) mass is 263 g/mol. The fourth-order valence-electron chi connectivity index (χ4n) is 1.83. The lowest BCUT2D eigenvalue weighted by Crippen LogP contribution is -2.34. The fourth-order valence-corrected chi connectivity index (χ4v) is 1.83. The van der Waals surface area contributed by atoms with Crippen molar-refractivity contribution in [2.24, 2.45) is 0 Å². The Morgan fingerprint density at radius 3 is 2.53 bits per heavy atom. The molecule has 1 aromatic rings. The lowest BCUT2D eigenvalue weighted by molar-refractivity contribution is -0.155. The number of nitrogens with one attached hydrogen (secondary N) is 1. The normalized spacial score (nSPS) is 12.9. The van der Waals surface area contributed by atoms with Gasteiger partial charge in [-0.25, -0.2) is 4.79 Å². The predicted octanol–water partition coefficient (Wildman–Crippen LogP) is 3.78. The molecule has 0 spiro atoms. The number of carbonyl (C=O) groups excluding carboxylic acids is 1. The summed E-state index contributed by atoms with van der Waals surface area (Å²) in [5.41, 5.74) is 1.80. The first-order chi connectivity index (χ1) is 8.83. The summed E-state index contributed by atoms with van der Waals surface area (Å²) < 4.78 is 5.37. The van der Waals surface area contributed by atoms with Crippen LogP contribution in [0.15, 0.2) is 24.3 Å². The van der Waals surface area contributed by atoms with Gasteiger partial charge in [0.15, 0.2) is 0 Å². The Labute approximate surface area is 116 Å². The molecule has 0 fully saturated rings. The number of carbonyl (C=O) groups is 1. The number of rotatable bonds is 5. The molecule has 0 radical (unpaired) electrons. The second-order valence-corrected chi connectivity index (χ2v) is 5.81. The number of benzene rings is 1. The van der Waals surface area contributed by atoms with Crippen molar-refractivity contribution < 1.29 is 9.53 Å². The molecule has 0 heterocycles. The van der Waals surface area contributed by atoms with E-state index < -0.39 is 5.60 Å². The van der Waals surface area contributed by atoms with Crippen LogP contribution in [0.2, 0.25) is 0 Å². The fraction of sp³-hybridized carbons (Fsp3) is 0.562. The number of ether oxygens (including phenoxy) is 1. The Hall–Kier alpha value is -1.51. The van der Waals surface area contributed by atoms with Gasteiger partial charge in [-0.1, -0.05) is 31.5 Å². The van der Waals surface area contributed by atoms with E-state index in [2.05, 4.69) is 18.3 Å². The van der Waals surface area contributed by atoms with Gasteiger partial charge >= 0.3 is 5.97 Å². The summed E-state index contributed by atoms with van der Waals surface area (Å²) in [6.45, 7) is 9.61. The molecule has 19 heavy (non-hydrogen) atoms. The summed E-state index contributed by atoms with van der Waals surface area (Å²) in [6, 6.07) is 7.74. The van der Waals surface area contributed by atoms with Gasteiger partial charge in [0.2, 0.25) is 0 Å². The molecular weight excluding hydrogens is 238 g/mol. The maximum absolute atomic E-state index is 11.9. The van der Waals surface area contributed by atoms with Gasteiger partial charge in [0.1, 0.15) is 11.6 Å². The first kappa shape index (κ1) is 15.5. The predicted molar refractivity (Wildman–Crippen MR) is 79.4 cm³/mol. The Balaban J connectivity index is 2.71. The summed E-state index contributed by atoms with van der Waals surface area (Å²) in [5.74, 6) is -0.223. The zero-order valence-electron chi connectivity index (χ0n) is 12.6. The van der Waals surface area contributed by atoms with E-state index in [1.807, 2.05) is 45.9 Å². The van der Waals surface area contributed by atoms with Crippen molar-refractivity contribution in [3.8, 4) is 0 Å². The van der Waals surface area contributed by atoms with E-state index in [0.29, 0.717) is 0 Å². The molecule has 3 nitrogen and oxygen atoms in total. The third-order valence-corrected chi connectivity index (χ3v) is 2.67. The third kappa shape index (κ3) is 5.33. The molecular formula is C16H25NO2. The lowest BCUT2D eigenvalue weighted by atomic mass is 10.1. The number of para-hydroxylation sites is 1. The third-order valence-electron chi connectivity index (χ3n) is 2.67.